The van der Waals surface area contributed by atoms with Crippen molar-refractivity contribution < 1.29 is 4.57 Å². The van der Waals surface area contributed by atoms with Crippen molar-refractivity contribution in [3.05, 3.63) is 35.9 Å². The first-order valence-electron chi connectivity index (χ1n) is 5.08. The van der Waals surface area contributed by atoms with Crippen LogP contribution in [0.2, 0.25) is 0 Å². The maximum atomic E-state index is 12.7. The van der Waals surface area contributed by atoms with Gasteiger partial charge in [0.15, 0.2) is 0 Å². The molecule has 0 radical (unpaired) electrons. The van der Waals surface area contributed by atoms with Crippen molar-refractivity contribution in [2.45, 2.75) is 32.1 Å². The zero-order chi connectivity index (χ0) is 11.5. The molecular weight excluding hydrogens is 223 g/mol. The highest BCUT2D eigenvalue weighted by molar-refractivity contribution is 8.57. The predicted octanol–water partition coefficient (Wildman–Crippen LogP) is 4.63. The average Bonchev–Trinajstić information content (AvgIpc) is 2.17. The van der Waals surface area contributed by atoms with E-state index in [1.54, 1.807) is 0 Å². The fourth-order valence-electron chi connectivity index (χ4n) is 1.40. The molecule has 0 saturated carbocycles. The third kappa shape index (κ3) is 3.12. The van der Waals surface area contributed by atoms with Gasteiger partial charge in [0.05, 0.1) is 0 Å². The normalized spacial score (nSPS) is 16.0. The molecule has 0 aromatic heterocycles. The van der Waals surface area contributed by atoms with E-state index in [9.17, 15) is 4.57 Å². The van der Waals surface area contributed by atoms with Gasteiger partial charge >= 0.3 is 0 Å². The van der Waals surface area contributed by atoms with Gasteiger partial charge in [0.2, 0.25) is 0 Å². The van der Waals surface area contributed by atoms with Crippen LogP contribution in [0.15, 0.2) is 30.3 Å². The van der Waals surface area contributed by atoms with Crippen LogP contribution >= 0.6 is 17.7 Å². The third-order valence-corrected chi connectivity index (χ3v) is 9.77. The Balaban J connectivity index is 2.93. The van der Waals surface area contributed by atoms with Crippen molar-refractivity contribution in [3.8, 4) is 0 Å². The molecule has 1 nitrogen and oxygen atoms in total. The molecular formula is C12H19OPS. The van der Waals surface area contributed by atoms with E-state index < -0.39 is 6.34 Å². The summed E-state index contributed by atoms with van der Waals surface area (Å²) in [4.78, 5) is 0. The molecule has 1 unspecified atom stereocenters. The van der Waals surface area contributed by atoms with E-state index in [-0.39, 0.29) is 5.16 Å². The Morgan fingerprint density at radius 1 is 1.20 bits per heavy atom. The van der Waals surface area contributed by atoms with Crippen LogP contribution in [0.1, 0.15) is 26.3 Å². The maximum Gasteiger partial charge on any atom is 0.148 e. The monoisotopic (exact) mass is 242 g/mol. The van der Waals surface area contributed by atoms with Crippen molar-refractivity contribution >= 4 is 17.7 Å². The Bertz CT molecular complexity index is 354. The minimum absolute atomic E-state index is 0.123. The second-order valence-electron chi connectivity index (χ2n) is 4.67. The summed E-state index contributed by atoms with van der Waals surface area (Å²) in [6.07, 6.45) is 0.457. The quantitative estimate of drug-likeness (QED) is 0.719. The van der Waals surface area contributed by atoms with Crippen LogP contribution in [0.3, 0.4) is 0 Å². The molecule has 84 valence electrons. The van der Waals surface area contributed by atoms with Gasteiger partial charge in [-0.1, -0.05) is 62.5 Å². The van der Waals surface area contributed by atoms with E-state index in [0.717, 1.165) is 0 Å². The van der Waals surface area contributed by atoms with Gasteiger partial charge in [-0.2, -0.15) is 0 Å². The third-order valence-electron chi connectivity index (χ3n) is 2.55. The van der Waals surface area contributed by atoms with Crippen molar-refractivity contribution in [1.82, 2.24) is 0 Å². The van der Waals surface area contributed by atoms with Crippen molar-refractivity contribution in [3.63, 3.8) is 0 Å². The number of hydrogen-bond donors (Lipinski definition) is 0. The molecule has 0 saturated heterocycles. The van der Waals surface area contributed by atoms with Crippen LogP contribution in [0.25, 0.3) is 0 Å². The van der Waals surface area contributed by atoms with Gasteiger partial charge in [-0.15, -0.1) is 0 Å². The Kier molecular flexibility index (Phi) is 4.08. The number of rotatable bonds is 3. The van der Waals surface area contributed by atoms with E-state index in [0.29, 0.717) is 6.16 Å². The van der Waals surface area contributed by atoms with Crippen LogP contribution < -0.4 is 0 Å². The Labute approximate surface area is 96.8 Å². The van der Waals surface area contributed by atoms with Crippen LogP contribution in [0.4, 0.5) is 0 Å². The van der Waals surface area contributed by atoms with Crippen LogP contribution in [-0.2, 0) is 10.7 Å². The standard InChI is InChI=1S/C12H19OPS/c1-12(2,3)14(13,15-4)10-11-8-6-5-7-9-11/h5-9H,10H2,1-4H3. The zero-order valence-corrected chi connectivity index (χ0v) is 11.6. The summed E-state index contributed by atoms with van der Waals surface area (Å²) in [6, 6.07) is 10.1. The minimum atomic E-state index is -2.19. The smallest absolute Gasteiger partial charge is 0.148 e. The van der Waals surface area contributed by atoms with Crippen LogP contribution in [-0.4, -0.2) is 11.4 Å². The molecule has 0 heterocycles. The molecule has 0 amide bonds. The Morgan fingerprint density at radius 2 is 1.73 bits per heavy atom. The summed E-state index contributed by atoms with van der Waals surface area (Å²) in [5.41, 5.74) is 1.17. The minimum Gasteiger partial charge on any atom is -0.311 e. The number of benzene rings is 1. The molecule has 15 heavy (non-hydrogen) atoms. The van der Waals surface area contributed by atoms with Crippen LogP contribution in [0, 0.1) is 0 Å². The first kappa shape index (κ1) is 12.9. The van der Waals surface area contributed by atoms with Crippen LogP contribution in [0.5, 0.6) is 0 Å². The van der Waals surface area contributed by atoms with E-state index in [4.69, 9.17) is 0 Å². The molecule has 0 bridgehead atoms. The lowest BCUT2D eigenvalue weighted by atomic mass is 10.2. The van der Waals surface area contributed by atoms with Gasteiger partial charge in [0.25, 0.3) is 0 Å². The lowest BCUT2D eigenvalue weighted by Crippen LogP contribution is -2.14. The molecule has 0 N–H and O–H groups in total. The molecule has 0 aliphatic heterocycles. The van der Waals surface area contributed by atoms with Gasteiger partial charge in [0, 0.05) is 11.3 Å². The second-order valence-corrected chi connectivity index (χ2v) is 10.9. The summed E-state index contributed by atoms with van der Waals surface area (Å²) in [7, 11) is 0. The highest BCUT2D eigenvalue weighted by Crippen LogP contribution is 2.68. The Morgan fingerprint density at radius 3 is 2.13 bits per heavy atom. The summed E-state index contributed by atoms with van der Waals surface area (Å²) in [6.45, 7) is 6.19. The number of hydrogen-bond acceptors (Lipinski definition) is 2. The SMILES string of the molecule is CSP(=O)(Cc1ccccc1)C(C)(C)C. The fraction of sp³-hybridized carbons (Fsp3) is 0.500. The molecule has 3 heteroatoms. The van der Waals surface area contributed by atoms with E-state index in [2.05, 4.69) is 32.9 Å². The molecule has 1 aromatic rings. The van der Waals surface area contributed by atoms with Crippen molar-refractivity contribution in [2.24, 2.45) is 0 Å². The van der Waals surface area contributed by atoms with Gasteiger partial charge in [-0.25, -0.2) is 0 Å². The Hall–Kier alpha value is -0.200. The van der Waals surface area contributed by atoms with Crippen molar-refractivity contribution in [1.29, 1.82) is 0 Å². The van der Waals surface area contributed by atoms with Crippen molar-refractivity contribution in [2.75, 3.05) is 6.26 Å². The summed E-state index contributed by atoms with van der Waals surface area (Å²) < 4.78 is 12.7. The summed E-state index contributed by atoms with van der Waals surface area (Å²) in [5, 5.41) is -0.123. The molecule has 0 fully saturated rings. The lowest BCUT2D eigenvalue weighted by molar-refractivity contribution is 0.560. The predicted molar refractivity (Wildman–Crippen MR) is 71.0 cm³/mol. The highest BCUT2D eigenvalue weighted by atomic mass is 32.7. The first-order valence-corrected chi connectivity index (χ1v) is 8.80. The van der Waals surface area contributed by atoms with E-state index in [1.807, 2.05) is 24.5 Å². The highest BCUT2D eigenvalue weighted by Gasteiger charge is 2.35. The van der Waals surface area contributed by atoms with E-state index >= 15 is 0 Å². The second kappa shape index (κ2) is 4.76. The average molecular weight is 242 g/mol. The summed E-state index contributed by atoms with van der Waals surface area (Å²) in [5.74, 6) is 0. The van der Waals surface area contributed by atoms with Gasteiger partial charge < -0.3 is 4.57 Å². The largest absolute Gasteiger partial charge is 0.311 e. The molecule has 1 atom stereocenters. The van der Waals surface area contributed by atoms with Gasteiger partial charge in [-0.05, 0) is 11.8 Å². The molecule has 1 rings (SSSR count). The summed E-state index contributed by atoms with van der Waals surface area (Å²) >= 11 is 1.53. The van der Waals surface area contributed by atoms with Gasteiger partial charge in [-0.3, -0.25) is 0 Å². The molecule has 0 aliphatic rings. The maximum absolute atomic E-state index is 12.7. The molecule has 1 aromatic carbocycles. The first-order chi connectivity index (χ1) is 6.89. The molecule has 0 spiro atoms. The zero-order valence-electron chi connectivity index (χ0n) is 9.86. The molecule has 0 aliphatic carbocycles. The fourth-order valence-corrected chi connectivity index (χ4v) is 5.72. The lowest BCUT2D eigenvalue weighted by Gasteiger charge is -2.29. The topological polar surface area (TPSA) is 17.1 Å². The van der Waals surface area contributed by atoms with E-state index in [1.165, 1.54) is 16.9 Å². The van der Waals surface area contributed by atoms with Gasteiger partial charge in [0.1, 0.15) is 6.34 Å².